The molecule has 1 heterocycles. The van der Waals surface area contributed by atoms with Crippen LogP contribution in [0.3, 0.4) is 0 Å². The summed E-state index contributed by atoms with van der Waals surface area (Å²) >= 11 is 0. The van der Waals surface area contributed by atoms with Crippen molar-refractivity contribution in [2.24, 2.45) is 5.73 Å². The number of hydrogen-bond acceptors (Lipinski definition) is 5. The van der Waals surface area contributed by atoms with Gasteiger partial charge in [-0.1, -0.05) is 31.2 Å². The molecule has 0 aliphatic heterocycles. The van der Waals surface area contributed by atoms with Crippen molar-refractivity contribution in [3.63, 3.8) is 0 Å². The molecule has 3 rings (SSSR count). The van der Waals surface area contributed by atoms with E-state index in [1.807, 2.05) is 60.4 Å². The van der Waals surface area contributed by atoms with Gasteiger partial charge in [0.25, 0.3) is 0 Å². The molecule has 0 amide bonds. The second-order valence-corrected chi connectivity index (χ2v) is 8.43. The lowest BCUT2D eigenvalue weighted by atomic mass is 9.79. The molecule has 0 unspecified atom stereocenters. The van der Waals surface area contributed by atoms with E-state index in [4.69, 9.17) is 19.8 Å². The smallest absolute Gasteiger partial charge is 0.457 e. The quantitative estimate of drug-likeness (QED) is 0.433. The zero-order valence-corrected chi connectivity index (χ0v) is 19.6. The topological polar surface area (TPSA) is 71.5 Å². The van der Waals surface area contributed by atoms with Gasteiger partial charge in [0.05, 0.1) is 6.54 Å². The van der Waals surface area contributed by atoms with Crippen molar-refractivity contribution in [3.8, 4) is 11.5 Å². The Hall–Kier alpha value is -2.61. The van der Waals surface area contributed by atoms with Crippen LogP contribution in [0, 0.1) is 0 Å². The monoisotopic (exact) mass is 435 g/mol. The first-order valence-corrected chi connectivity index (χ1v) is 11.3. The van der Waals surface area contributed by atoms with Crippen molar-refractivity contribution < 1.29 is 14.0 Å². The summed E-state index contributed by atoms with van der Waals surface area (Å²) in [6, 6.07) is 16.1. The lowest BCUT2D eigenvalue weighted by molar-refractivity contribution is 0.0706. The van der Waals surface area contributed by atoms with Gasteiger partial charge in [-0.2, -0.15) is 5.10 Å². The van der Waals surface area contributed by atoms with E-state index >= 15 is 0 Å². The fraction of sp³-hybridized carbons (Fsp3) is 0.400. The third kappa shape index (κ3) is 6.95. The molecule has 0 aliphatic rings. The first-order chi connectivity index (χ1) is 15.4. The molecular formula is C25H34BN3O3. The molecule has 0 saturated carbocycles. The molecule has 0 radical (unpaired) electrons. The van der Waals surface area contributed by atoms with E-state index in [0.717, 1.165) is 35.4 Å². The summed E-state index contributed by atoms with van der Waals surface area (Å²) < 4.78 is 20.0. The van der Waals surface area contributed by atoms with Gasteiger partial charge in [-0.25, -0.2) is 0 Å². The Morgan fingerprint density at radius 3 is 2.38 bits per heavy atom. The number of nitrogens with two attached hydrogens (primary N) is 1. The number of nitrogens with zero attached hydrogens (tertiary/aromatic N) is 2. The standard InChI is InChI=1S/C25H34BN3O3/c1-5-25(3,4)32-26(30-6-2)22-17-28-29(19-22)18-21-10-8-12-24(16-21)31-23-11-7-9-20(15-23)13-14-27/h7-12,15-17,19H,5-6,13-14,18,27H2,1-4H3. The maximum Gasteiger partial charge on any atom is 0.497 e. The molecule has 32 heavy (non-hydrogen) atoms. The van der Waals surface area contributed by atoms with Crippen LogP contribution in [0.5, 0.6) is 11.5 Å². The van der Waals surface area contributed by atoms with Crippen LogP contribution >= 0.6 is 0 Å². The summed E-state index contributed by atoms with van der Waals surface area (Å²) in [5, 5.41) is 4.52. The van der Waals surface area contributed by atoms with Gasteiger partial charge >= 0.3 is 7.12 Å². The van der Waals surface area contributed by atoms with Crippen LogP contribution < -0.4 is 15.9 Å². The highest BCUT2D eigenvalue weighted by Crippen LogP contribution is 2.23. The fourth-order valence-electron chi connectivity index (χ4n) is 3.27. The minimum atomic E-state index is -0.431. The highest BCUT2D eigenvalue weighted by Gasteiger charge is 2.30. The van der Waals surface area contributed by atoms with E-state index in [9.17, 15) is 0 Å². The first-order valence-electron chi connectivity index (χ1n) is 11.3. The fourth-order valence-corrected chi connectivity index (χ4v) is 3.27. The third-order valence-corrected chi connectivity index (χ3v) is 5.33. The Labute approximate surface area is 191 Å². The molecule has 2 N–H and O–H groups in total. The normalized spacial score (nSPS) is 11.5. The van der Waals surface area contributed by atoms with Crippen molar-refractivity contribution >= 4 is 12.6 Å². The van der Waals surface area contributed by atoms with Crippen LogP contribution in [0.4, 0.5) is 0 Å². The maximum absolute atomic E-state index is 6.19. The van der Waals surface area contributed by atoms with E-state index in [2.05, 4.69) is 38.0 Å². The summed E-state index contributed by atoms with van der Waals surface area (Å²) in [7, 11) is -0.431. The average Bonchev–Trinajstić information content (AvgIpc) is 3.22. The number of aromatic nitrogens is 2. The van der Waals surface area contributed by atoms with Crippen molar-refractivity contribution in [1.82, 2.24) is 9.78 Å². The second kappa shape index (κ2) is 11.3. The number of ether oxygens (including phenoxy) is 1. The summed E-state index contributed by atoms with van der Waals surface area (Å²) in [4.78, 5) is 0. The Balaban J connectivity index is 1.69. The van der Waals surface area contributed by atoms with Crippen LogP contribution in [0.2, 0.25) is 0 Å². The van der Waals surface area contributed by atoms with Crippen LogP contribution in [0.25, 0.3) is 0 Å². The Morgan fingerprint density at radius 1 is 1.03 bits per heavy atom. The molecule has 7 heteroatoms. The zero-order chi connectivity index (χ0) is 23.0. The van der Waals surface area contributed by atoms with E-state index in [0.29, 0.717) is 19.7 Å². The van der Waals surface area contributed by atoms with Crippen LogP contribution in [-0.4, -0.2) is 35.7 Å². The van der Waals surface area contributed by atoms with Gasteiger partial charge in [0.15, 0.2) is 0 Å². The molecule has 3 aromatic rings. The van der Waals surface area contributed by atoms with E-state index in [-0.39, 0.29) is 5.60 Å². The maximum atomic E-state index is 6.19. The van der Waals surface area contributed by atoms with Crippen molar-refractivity contribution in [2.45, 2.75) is 52.7 Å². The lowest BCUT2D eigenvalue weighted by Crippen LogP contribution is -2.43. The predicted molar refractivity (Wildman–Crippen MR) is 130 cm³/mol. The molecule has 0 bridgehead atoms. The van der Waals surface area contributed by atoms with Gasteiger partial charge in [-0.05, 0) is 75.5 Å². The van der Waals surface area contributed by atoms with Gasteiger partial charge in [0.1, 0.15) is 11.5 Å². The minimum absolute atomic E-state index is 0.269. The molecule has 2 aromatic carbocycles. The average molecular weight is 435 g/mol. The molecule has 0 aliphatic carbocycles. The highest BCUT2D eigenvalue weighted by atomic mass is 16.6. The molecule has 6 nitrogen and oxygen atoms in total. The first kappa shape index (κ1) is 24.0. The Bertz CT molecular complexity index is 990. The predicted octanol–water partition coefficient (Wildman–Crippen LogP) is 4.16. The Morgan fingerprint density at radius 2 is 1.72 bits per heavy atom. The van der Waals surface area contributed by atoms with Gasteiger partial charge in [-0.15, -0.1) is 0 Å². The van der Waals surface area contributed by atoms with Crippen LogP contribution in [0.1, 0.15) is 45.2 Å². The molecule has 170 valence electrons. The molecular weight excluding hydrogens is 401 g/mol. The van der Waals surface area contributed by atoms with Crippen molar-refractivity contribution in [2.75, 3.05) is 13.2 Å². The van der Waals surface area contributed by atoms with Gasteiger partial charge in [-0.3, -0.25) is 4.68 Å². The lowest BCUT2D eigenvalue weighted by Gasteiger charge is -2.27. The number of benzene rings is 2. The molecule has 0 atom stereocenters. The SMILES string of the molecule is CCOB(OC(C)(C)CC)c1cnn(Cc2cccc(Oc3cccc(CCN)c3)c2)c1. The van der Waals surface area contributed by atoms with Crippen molar-refractivity contribution in [3.05, 3.63) is 72.1 Å². The largest absolute Gasteiger partial charge is 0.497 e. The second-order valence-electron chi connectivity index (χ2n) is 8.43. The van der Waals surface area contributed by atoms with E-state index in [1.165, 1.54) is 5.56 Å². The summed E-state index contributed by atoms with van der Waals surface area (Å²) in [6.07, 6.45) is 5.53. The summed E-state index contributed by atoms with van der Waals surface area (Å²) in [5.41, 5.74) is 8.58. The Kier molecular flexibility index (Phi) is 8.50. The molecule has 1 aromatic heterocycles. The van der Waals surface area contributed by atoms with Gasteiger partial charge in [0.2, 0.25) is 0 Å². The third-order valence-electron chi connectivity index (χ3n) is 5.33. The number of rotatable bonds is 12. The van der Waals surface area contributed by atoms with E-state index < -0.39 is 7.12 Å². The summed E-state index contributed by atoms with van der Waals surface area (Å²) in [6.45, 7) is 10.0. The number of hydrogen-bond donors (Lipinski definition) is 1. The molecule has 0 spiro atoms. The van der Waals surface area contributed by atoms with Crippen LogP contribution in [0.15, 0.2) is 60.9 Å². The van der Waals surface area contributed by atoms with E-state index in [1.54, 1.807) is 0 Å². The van der Waals surface area contributed by atoms with Gasteiger partial charge in [0, 0.05) is 30.1 Å². The zero-order valence-electron chi connectivity index (χ0n) is 19.6. The molecule has 0 saturated heterocycles. The van der Waals surface area contributed by atoms with Gasteiger partial charge < -0.3 is 19.8 Å². The highest BCUT2D eigenvalue weighted by molar-refractivity contribution is 6.61. The van der Waals surface area contributed by atoms with Crippen LogP contribution in [-0.2, 0) is 22.3 Å². The molecule has 0 fully saturated rings. The summed E-state index contributed by atoms with van der Waals surface area (Å²) in [5.74, 6) is 1.60. The minimum Gasteiger partial charge on any atom is -0.457 e. The van der Waals surface area contributed by atoms with Crippen molar-refractivity contribution in [1.29, 1.82) is 0 Å².